The number of alkyl halides is 3. The van der Waals surface area contributed by atoms with Gasteiger partial charge in [-0.3, -0.25) is 0 Å². The van der Waals surface area contributed by atoms with Gasteiger partial charge in [-0.2, -0.15) is 0 Å². The minimum atomic E-state index is -2.58. The van der Waals surface area contributed by atoms with E-state index in [0.717, 1.165) is 25.3 Å². The van der Waals surface area contributed by atoms with E-state index in [2.05, 4.69) is 0 Å². The largest absolute Gasteiger partial charge is 0.278 e. The zero-order chi connectivity index (χ0) is 8.32. The fourth-order valence-corrected chi connectivity index (χ4v) is 1.77. The predicted molar refractivity (Wildman–Crippen MR) is 50.4 cm³/mol. The Morgan fingerprint density at radius 2 is 2.09 bits per heavy atom. The third-order valence-electron chi connectivity index (χ3n) is 1.84. The molecule has 1 aliphatic carbocycles. The summed E-state index contributed by atoms with van der Waals surface area (Å²) in [4.78, 5) is 0. The van der Waals surface area contributed by atoms with Crippen LogP contribution in [0.3, 0.4) is 0 Å². The van der Waals surface area contributed by atoms with Gasteiger partial charge in [0.2, 0.25) is 0 Å². The molecule has 0 fully saturated rings. The molecule has 0 bridgehead atoms. The summed E-state index contributed by atoms with van der Waals surface area (Å²) in [5.41, 5.74) is 0. The van der Waals surface area contributed by atoms with Crippen molar-refractivity contribution in [2.45, 2.75) is 35.5 Å². The number of allylic oxidation sites excluding steroid dienone is 2. The number of hydrogen-bond donors (Lipinski definition) is 0. The molecule has 0 saturated heterocycles. The highest BCUT2D eigenvalue weighted by molar-refractivity contribution is 14.1. The average Bonchev–Trinajstić information content (AvgIpc) is 1.93. The molecule has 0 N–H and O–H groups in total. The fourth-order valence-electron chi connectivity index (χ4n) is 1.12. The summed E-state index contributed by atoms with van der Waals surface area (Å²) < 4.78 is 25.4. The molecule has 0 aromatic rings. The monoisotopic (exact) mass is 272 g/mol. The Morgan fingerprint density at radius 1 is 1.36 bits per heavy atom. The molecular weight excluding hydrogens is 261 g/mol. The highest BCUT2D eigenvalue weighted by atomic mass is 127. The van der Waals surface area contributed by atoms with Gasteiger partial charge >= 0.3 is 0 Å². The van der Waals surface area contributed by atoms with Gasteiger partial charge in [-0.15, -0.1) is 0 Å². The molecule has 11 heavy (non-hydrogen) atoms. The zero-order valence-electron chi connectivity index (χ0n) is 6.19. The average molecular weight is 272 g/mol. The van der Waals surface area contributed by atoms with Gasteiger partial charge < -0.3 is 0 Å². The normalized spacial score (nSPS) is 33.9. The molecule has 0 radical (unpaired) electrons. The maximum absolute atomic E-state index is 12.9. The first kappa shape index (κ1) is 9.42. The summed E-state index contributed by atoms with van der Waals surface area (Å²) in [5.74, 6) is -2.58. The van der Waals surface area contributed by atoms with Crippen LogP contribution in [0.1, 0.15) is 25.7 Å². The van der Waals surface area contributed by atoms with Gasteiger partial charge in [-0.25, -0.2) is 8.78 Å². The van der Waals surface area contributed by atoms with Crippen LogP contribution in [0.5, 0.6) is 0 Å². The molecule has 0 aromatic carbocycles. The highest BCUT2D eigenvalue weighted by Crippen LogP contribution is 2.32. The summed E-state index contributed by atoms with van der Waals surface area (Å²) >= 11 is 1.84. The van der Waals surface area contributed by atoms with E-state index in [-0.39, 0.29) is 0 Å². The van der Waals surface area contributed by atoms with Gasteiger partial charge in [0.05, 0.1) is 3.92 Å². The molecule has 1 unspecified atom stereocenters. The maximum atomic E-state index is 12.9. The maximum Gasteiger partial charge on any atom is 0.278 e. The van der Waals surface area contributed by atoms with E-state index in [4.69, 9.17) is 0 Å². The molecule has 0 spiro atoms. The minimum Gasteiger partial charge on any atom is -0.201 e. The van der Waals surface area contributed by atoms with E-state index >= 15 is 0 Å². The van der Waals surface area contributed by atoms with E-state index in [1.807, 2.05) is 22.6 Å². The van der Waals surface area contributed by atoms with Crippen molar-refractivity contribution in [1.29, 1.82) is 0 Å². The zero-order valence-corrected chi connectivity index (χ0v) is 8.35. The van der Waals surface area contributed by atoms with Gasteiger partial charge in [0.25, 0.3) is 5.92 Å². The first-order chi connectivity index (χ1) is 5.13. The van der Waals surface area contributed by atoms with Crippen LogP contribution in [0.25, 0.3) is 0 Å². The summed E-state index contributed by atoms with van der Waals surface area (Å²) in [6.07, 6.45) is 6.07. The minimum absolute atomic E-state index is 0.517. The van der Waals surface area contributed by atoms with Gasteiger partial charge in [-0.05, 0) is 25.3 Å². The lowest BCUT2D eigenvalue weighted by Gasteiger charge is -2.20. The molecule has 0 aliphatic heterocycles. The van der Waals surface area contributed by atoms with Crippen LogP contribution in [-0.2, 0) is 0 Å². The lowest BCUT2D eigenvalue weighted by atomic mass is 10.0. The summed E-state index contributed by atoms with van der Waals surface area (Å²) in [7, 11) is 0. The summed E-state index contributed by atoms with van der Waals surface area (Å²) in [6, 6.07) is 0. The molecule has 0 aromatic heterocycles. The van der Waals surface area contributed by atoms with Crippen LogP contribution >= 0.6 is 22.6 Å². The van der Waals surface area contributed by atoms with Crippen molar-refractivity contribution < 1.29 is 8.78 Å². The molecule has 3 heteroatoms. The lowest BCUT2D eigenvalue weighted by molar-refractivity contribution is 0.0532. The molecular formula is C8H11F2I. The lowest BCUT2D eigenvalue weighted by Crippen LogP contribution is -2.26. The van der Waals surface area contributed by atoms with Crippen LogP contribution in [0, 0.1) is 0 Å². The van der Waals surface area contributed by atoms with Crippen molar-refractivity contribution >= 4 is 22.6 Å². The number of halogens is 3. The Bertz CT molecular complexity index is 154. The second-order valence-electron chi connectivity index (χ2n) is 2.83. The number of hydrogen-bond acceptors (Lipinski definition) is 0. The summed E-state index contributed by atoms with van der Waals surface area (Å²) in [5, 5.41) is 0. The Hall–Kier alpha value is 0.330. The Labute approximate surface area is 79.2 Å². The van der Waals surface area contributed by atoms with Crippen LogP contribution in [0.15, 0.2) is 12.2 Å². The second-order valence-corrected chi connectivity index (χ2v) is 4.33. The molecule has 64 valence electrons. The van der Waals surface area contributed by atoms with Gasteiger partial charge in [0.1, 0.15) is 0 Å². The van der Waals surface area contributed by atoms with E-state index in [1.54, 1.807) is 6.08 Å². The summed E-state index contributed by atoms with van der Waals surface area (Å²) in [6.45, 7) is 0. The van der Waals surface area contributed by atoms with Crippen molar-refractivity contribution in [2.75, 3.05) is 0 Å². The first-order valence-corrected chi connectivity index (χ1v) is 5.07. The van der Waals surface area contributed by atoms with Crippen LogP contribution in [0.2, 0.25) is 0 Å². The van der Waals surface area contributed by atoms with Crippen LogP contribution in [0.4, 0.5) is 8.78 Å². The van der Waals surface area contributed by atoms with Crippen molar-refractivity contribution in [3.63, 3.8) is 0 Å². The molecule has 0 nitrogen and oxygen atoms in total. The third kappa shape index (κ3) is 2.69. The highest BCUT2D eigenvalue weighted by Gasteiger charge is 2.34. The van der Waals surface area contributed by atoms with E-state index in [9.17, 15) is 8.78 Å². The molecule has 0 heterocycles. The van der Waals surface area contributed by atoms with E-state index in [1.165, 1.54) is 0 Å². The SMILES string of the molecule is FC1(F)/C=C\CCCCC1I. The number of rotatable bonds is 0. The van der Waals surface area contributed by atoms with Crippen molar-refractivity contribution in [1.82, 2.24) is 0 Å². The molecule has 0 saturated carbocycles. The molecule has 1 aliphatic rings. The Kier molecular flexibility index (Phi) is 3.28. The van der Waals surface area contributed by atoms with Gasteiger partial charge in [-0.1, -0.05) is 35.1 Å². The molecule has 1 rings (SSSR count). The van der Waals surface area contributed by atoms with Crippen LogP contribution < -0.4 is 0 Å². The van der Waals surface area contributed by atoms with Crippen molar-refractivity contribution in [3.8, 4) is 0 Å². The quantitative estimate of drug-likeness (QED) is 0.359. The standard InChI is InChI=1S/C8H11F2I/c9-8(10)6-4-2-1-3-5-7(8)11/h4,6-7H,1-3,5H2/b6-4-. The first-order valence-electron chi connectivity index (χ1n) is 3.82. The fraction of sp³-hybridized carbons (Fsp3) is 0.750. The smallest absolute Gasteiger partial charge is 0.201 e. The van der Waals surface area contributed by atoms with Crippen LogP contribution in [-0.4, -0.2) is 9.85 Å². The topological polar surface area (TPSA) is 0 Å². The molecule has 1 atom stereocenters. The van der Waals surface area contributed by atoms with Crippen molar-refractivity contribution in [3.05, 3.63) is 12.2 Å². The predicted octanol–water partition coefficient (Wildman–Crippen LogP) is 3.56. The molecule has 0 amide bonds. The Morgan fingerprint density at radius 3 is 2.82 bits per heavy atom. The Balaban J connectivity index is 2.64. The third-order valence-corrected chi connectivity index (χ3v) is 3.29. The van der Waals surface area contributed by atoms with Gasteiger partial charge in [0.15, 0.2) is 0 Å². The van der Waals surface area contributed by atoms with Gasteiger partial charge in [0, 0.05) is 0 Å². The van der Waals surface area contributed by atoms with Crippen molar-refractivity contribution in [2.24, 2.45) is 0 Å². The van der Waals surface area contributed by atoms with E-state index in [0.29, 0.717) is 6.42 Å². The second kappa shape index (κ2) is 3.83. The van der Waals surface area contributed by atoms with E-state index < -0.39 is 9.85 Å².